The molecule has 1 N–H and O–H groups in total. The highest BCUT2D eigenvalue weighted by Crippen LogP contribution is 2.46. The van der Waals surface area contributed by atoms with Gasteiger partial charge in [-0.3, -0.25) is 4.79 Å². The first-order chi connectivity index (χ1) is 11.5. The molecule has 0 amide bonds. The third kappa shape index (κ3) is 2.67. The lowest BCUT2D eigenvalue weighted by molar-refractivity contribution is -0.140. The summed E-state index contributed by atoms with van der Waals surface area (Å²) < 4.78 is 12.1. The molecular formula is C19H21NO4. The molecule has 126 valence electrons. The molecule has 0 radical (unpaired) electrons. The van der Waals surface area contributed by atoms with E-state index >= 15 is 0 Å². The van der Waals surface area contributed by atoms with Crippen molar-refractivity contribution in [2.75, 3.05) is 0 Å². The van der Waals surface area contributed by atoms with E-state index < -0.39 is 17.8 Å². The molecule has 1 heterocycles. The second kappa shape index (κ2) is 6.29. The van der Waals surface area contributed by atoms with Gasteiger partial charge in [-0.25, -0.2) is 0 Å². The van der Waals surface area contributed by atoms with Crippen molar-refractivity contribution in [1.29, 1.82) is 5.26 Å². The predicted molar refractivity (Wildman–Crippen MR) is 87.3 cm³/mol. The number of benzene rings is 1. The zero-order chi connectivity index (χ0) is 17.3. The van der Waals surface area contributed by atoms with Gasteiger partial charge in [-0.2, -0.15) is 5.26 Å². The van der Waals surface area contributed by atoms with Crippen molar-refractivity contribution in [2.45, 2.75) is 57.3 Å². The van der Waals surface area contributed by atoms with Crippen LogP contribution in [0.15, 0.2) is 30.0 Å². The molecule has 24 heavy (non-hydrogen) atoms. The number of aliphatic hydroxyl groups is 1. The smallest absolute Gasteiger partial charge is 0.159 e. The summed E-state index contributed by atoms with van der Waals surface area (Å²) in [5.41, 5.74) is 0.393. The standard InChI is InChI=1S/C19H21NO4/c1-3-19(4-2)18(22)17(23-14-7-6-13(21)10-14)15-9-12(11-20)5-8-16(15)24-19/h5,8-10,17-18,22H,3-4,6-7H2,1-2H3. The van der Waals surface area contributed by atoms with E-state index in [-0.39, 0.29) is 5.78 Å². The van der Waals surface area contributed by atoms with Crippen LogP contribution in [0.5, 0.6) is 5.75 Å². The summed E-state index contributed by atoms with van der Waals surface area (Å²) in [7, 11) is 0. The van der Waals surface area contributed by atoms with E-state index in [9.17, 15) is 9.90 Å². The van der Waals surface area contributed by atoms with Gasteiger partial charge in [-0.05, 0) is 31.0 Å². The maximum Gasteiger partial charge on any atom is 0.159 e. The van der Waals surface area contributed by atoms with Gasteiger partial charge in [0.2, 0.25) is 0 Å². The van der Waals surface area contributed by atoms with Crippen molar-refractivity contribution in [1.82, 2.24) is 0 Å². The quantitative estimate of drug-likeness (QED) is 0.919. The lowest BCUT2D eigenvalue weighted by Gasteiger charge is -2.45. The van der Waals surface area contributed by atoms with Crippen molar-refractivity contribution in [3.63, 3.8) is 0 Å². The van der Waals surface area contributed by atoms with Crippen molar-refractivity contribution in [3.05, 3.63) is 41.2 Å². The summed E-state index contributed by atoms with van der Waals surface area (Å²) in [4.78, 5) is 11.5. The molecule has 1 aliphatic carbocycles. The number of carbonyl (C=O) groups is 1. The minimum atomic E-state index is -0.884. The van der Waals surface area contributed by atoms with Crippen molar-refractivity contribution in [2.24, 2.45) is 0 Å². The molecule has 1 aromatic rings. The summed E-state index contributed by atoms with van der Waals surface area (Å²) in [6.45, 7) is 3.94. The van der Waals surface area contributed by atoms with Crippen LogP contribution in [0.25, 0.3) is 0 Å². The maximum absolute atomic E-state index is 11.5. The lowest BCUT2D eigenvalue weighted by atomic mass is 9.81. The van der Waals surface area contributed by atoms with Crippen LogP contribution in [-0.2, 0) is 9.53 Å². The van der Waals surface area contributed by atoms with Crippen LogP contribution in [0.3, 0.4) is 0 Å². The van der Waals surface area contributed by atoms with Gasteiger partial charge in [0.1, 0.15) is 23.2 Å². The largest absolute Gasteiger partial charge is 0.487 e. The number of fused-ring (bicyclic) bond motifs is 1. The van der Waals surface area contributed by atoms with Crippen LogP contribution in [-0.4, -0.2) is 22.6 Å². The van der Waals surface area contributed by atoms with Crippen LogP contribution in [0.4, 0.5) is 0 Å². The molecule has 2 unspecified atom stereocenters. The Bertz CT molecular complexity index is 727. The predicted octanol–water partition coefficient (Wildman–Crippen LogP) is 3.17. The van der Waals surface area contributed by atoms with E-state index in [0.717, 1.165) is 0 Å². The second-order valence-electron chi connectivity index (χ2n) is 6.30. The Morgan fingerprint density at radius 3 is 2.71 bits per heavy atom. The highest BCUT2D eigenvalue weighted by atomic mass is 16.5. The van der Waals surface area contributed by atoms with Gasteiger partial charge < -0.3 is 14.6 Å². The molecule has 2 atom stereocenters. The Balaban J connectivity index is 2.05. The van der Waals surface area contributed by atoms with E-state index in [2.05, 4.69) is 6.07 Å². The lowest BCUT2D eigenvalue weighted by Crippen LogP contribution is -2.53. The van der Waals surface area contributed by atoms with Crippen LogP contribution in [0, 0.1) is 11.3 Å². The Morgan fingerprint density at radius 2 is 2.12 bits per heavy atom. The number of nitriles is 1. The number of allylic oxidation sites excluding steroid dienone is 2. The summed E-state index contributed by atoms with van der Waals surface area (Å²) in [5.74, 6) is 1.24. The molecule has 0 bridgehead atoms. The molecular weight excluding hydrogens is 306 g/mol. The maximum atomic E-state index is 11.5. The summed E-state index contributed by atoms with van der Waals surface area (Å²) >= 11 is 0. The summed E-state index contributed by atoms with van der Waals surface area (Å²) in [5, 5.41) is 20.1. The molecule has 5 nitrogen and oxygen atoms in total. The third-order valence-corrected chi connectivity index (χ3v) is 5.00. The van der Waals surface area contributed by atoms with E-state index in [1.165, 1.54) is 6.08 Å². The Hall–Kier alpha value is -2.32. The van der Waals surface area contributed by atoms with Crippen LogP contribution in [0.1, 0.15) is 56.8 Å². The number of aliphatic hydroxyl groups excluding tert-OH is 1. The number of hydrogen-bond donors (Lipinski definition) is 1. The highest BCUT2D eigenvalue weighted by Gasteiger charge is 2.48. The van der Waals surface area contributed by atoms with E-state index in [1.807, 2.05) is 13.8 Å². The first-order valence-electron chi connectivity index (χ1n) is 8.34. The molecule has 5 heteroatoms. The Morgan fingerprint density at radius 1 is 1.38 bits per heavy atom. The number of nitrogens with zero attached hydrogens (tertiary/aromatic N) is 1. The molecule has 0 fully saturated rings. The fourth-order valence-corrected chi connectivity index (χ4v) is 3.43. The van der Waals surface area contributed by atoms with E-state index in [0.29, 0.717) is 48.3 Å². The van der Waals surface area contributed by atoms with Crippen molar-refractivity contribution in [3.8, 4) is 11.8 Å². The van der Waals surface area contributed by atoms with Gasteiger partial charge in [0.15, 0.2) is 11.9 Å². The summed E-state index contributed by atoms with van der Waals surface area (Å²) in [6.07, 6.45) is 2.19. The molecule has 1 aliphatic heterocycles. The van der Waals surface area contributed by atoms with Gasteiger partial charge in [0.25, 0.3) is 0 Å². The first-order valence-corrected chi connectivity index (χ1v) is 8.34. The van der Waals surface area contributed by atoms with Crippen molar-refractivity contribution < 1.29 is 19.4 Å². The number of carbonyl (C=O) groups excluding carboxylic acids is 1. The zero-order valence-corrected chi connectivity index (χ0v) is 13.9. The van der Waals surface area contributed by atoms with Crippen LogP contribution in [0.2, 0.25) is 0 Å². The topological polar surface area (TPSA) is 79.5 Å². The first kappa shape index (κ1) is 16.5. The Labute approximate surface area is 141 Å². The highest BCUT2D eigenvalue weighted by molar-refractivity contribution is 5.92. The monoisotopic (exact) mass is 327 g/mol. The fraction of sp³-hybridized carbons (Fsp3) is 0.474. The average molecular weight is 327 g/mol. The van der Waals surface area contributed by atoms with E-state index in [4.69, 9.17) is 14.7 Å². The zero-order valence-electron chi connectivity index (χ0n) is 13.9. The molecule has 2 aliphatic rings. The SMILES string of the molecule is CCC1(CC)Oc2ccc(C#N)cc2C(OC2=CC(=O)CC2)C1O. The number of rotatable bonds is 4. The molecule has 3 rings (SSSR count). The number of hydrogen-bond acceptors (Lipinski definition) is 5. The average Bonchev–Trinajstić information content (AvgIpc) is 3.02. The molecule has 0 spiro atoms. The fourth-order valence-electron chi connectivity index (χ4n) is 3.43. The second-order valence-corrected chi connectivity index (χ2v) is 6.30. The molecule has 0 saturated carbocycles. The summed E-state index contributed by atoms with van der Waals surface area (Å²) in [6, 6.07) is 7.24. The van der Waals surface area contributed by atoms with Crippen LogP contribution < -0.4 is 4.74 Å². The van der Waals surface area contributed by atoms with Crippen molar-refractivity contribution >= 4 is 5.78 Å². The minimum Gasteiger partial charge on any atom is -0.487 e. The molecule has 0 saturated heterocycles. The van der Waals surface area contributed by atoms with Gasteiger partial charge in [-0.1, -0.05) is 13.8 Å². The number of ether oxygens (including phenoxy) is 2. The number of ketones is 1. The van der Waals surface area contributed by atoms with E-state index in [1.54, 1.807) is 18.2 Å². The Kier molecular flexibility index (Phi) is 4.33. The van der Waals surface area contributed by atoms with Gasteiger partial charge in [0, 0.05) is 24.5 Å². The normalized spacial score (nSPS) is 24.6. The van der Waals surface area contributed by atoms with Gasteiger partial charge in [0.05, 0.1) is 11.6 Å². The molecule has 1 aromatic carbocycles. The van der Waals surface area contributed by atoms with Crippen LogP contribution >= 0.6 is 0 Å². The third-order valence-electron chi connectivity index (χ3n) is 5.00. The minimum absolute atomic E-state index is 0.0368. The van der Waals surface area contributed by atoms with Gasteiger partial charge >= 0.3 is 0 Å². The van der Waals surface area contributed by atoms with Gasteiger partial charge in [-0.15, -0.1) is 0 Å². The molecule has 0 aromatic heterocycles.